The summed E-state index contributed by atoms with van der Waals surface area (Å²) < 4.78 is 1.12. The Bertz CT molecular complexity index is 348. The number of nitrogens with one attached hydrogen (secondary N) is 1. The van der Waals surface area contributed by atoms with Crippen LogP contribution in [0.4, 0.5) is 0 Å². The van der Waals surface area contributed by atoms with Crippen LogP contribution in [0.3, 0.4) is 0 Å². The van der Waals surface area contributed by atoms with Crippen LogP contribution in [0.1, 0.15) is 43.7 Å². The van der Waals surface area contributed by atoms with E-state index < -0.39 is 0 Å². The van der Waals surface area contributed by atoms with E-state index in [4.69, 9.17) is 5.73 Å². The Hall–Kier alpha value is -0.380. The maximum Gasteiger partial charge on any atom is 0.0447 e. The monoisotopic (exact) mass is 296 g/mol. The van der Waals surface area contributed by atoms with Gasteiger partial charge in [-0.15, -0.1) is 0 Å². The Morgan fingerprint density at radius 1 is 1.29 bits per heavy atom. The van der Waals surface area contributed by atoms with E-state index in [0.717, 1.165) is 4.47 Å². The van der Waals surface area contributed by atoms with E-state index in [-0.39, 0.29) is 6.04 Å². The predicted molar refractivity (Wildman–Crippen MR) is 75.9 cm³/mol. The quantitative estimate of drug-likeness (QED) is 0.894. The van der Waals surface area contributed by atoms with Gasteiger partial charge in [-0.2, -0.15) is 0 Å². The Labute approximate surface area is 112 Å². The van der Waals surface area contributed by atoms with Gasteiger partial charge in [-0.25, -0.2) is 0 Å². The Morgan fingerprint density at radius 3 is 2.71 bits per heavy atom. The average Bonchev–Trinajstić information content (AvgIpc) is 2.37. The summed E-state index contributed by atoms with van der Waals surface area (Å²) in [7, 11) is 0. The summed E-state index contributed by atoms with van der Waals surface area (Å²) in [5.41, 5.74) is 7.18. The number of hydrogen-bond acceptors (Lipinski definition) is 2. The number of hydrogen-bond donors (Lipinski definition) is 2. The molecule has 0 radical (unpaired) electrons. The summed E-state index contributed by atoms with van der Waals surface area (Å²) in [4.78, 5) is 0. The van der Waals surface area contributed by atoms with E-state index in [1.807, 2.05) is 0 Å². The van der Waals surface area contributed by atoms with Gasteiger partial charge in [-0.1, -0.05) is 47.3 Å². The van der Waals surface area contributed by atoms with E-state index in [9.17, 15) is 0 Å². The predicted octanol–water partition coefficient (Wildman–Crippen LogP) is 3.37. The van der Waals surface area contributed by atoms with Gasteiger partial charge in [0, 0.05) is 23.1 Å². The molecule has 0 saturated heterocycles. The molecule has 1 aromatic rings. The molecule has 0 amide bonds. The molecule has 0 heterocycles. The van der Waals surface area contributed by atoms with Gasteiger partial charge in [0.05, 0.1) is 0 Å². The first-order chi connectivity index (χ1) is 8.29. The highest BCUT2D eigenvalue weighted by molar-refractivity contribution is 9.10. The molecule has 3 heteroatoms. The van der Waals surface area contributed by atoms with Gasteiger partial charge in [0.15, 0.2) is 0 Å². The SMILES string of the molecule is NCC(NC1CCCCC1)c1cccc(Br)c1. The molecule has 1 aromatic carbocycles. The van der Waals surface area contributed by atoms with Crippen LogP contribution in [-0.4, -0.2) is 12.6 Å². The molecule has 2 nitrogen and oxygen atoms in total. The Kier molecular flexibility index (Phi) is 5.01. The second-order valence-electron chi connectivity index (χ2n) is 4.84. The number of benzene rings is 1. The lowest BCUT2D eigenvalue weighted by Gasteiger charge is -2.28. The third-order valence-electron chi connectivity index (χ3n) is 3.53. The molecule has 2 rings (SSSR count). The van der Waals surface area contributed by atoms with Crippen LogP contribution in [0.25, 0.3) is 0 Å². The topological polar surface area (TPSA) is 38.0 Å². The lowest BCUT2D eigenvalue weighted by atomic mass is 9.94. The van der Waals surface area contributed by atoms with Gasteiger partial charge < -0.3 is 11.1 Å². The van der Waals surface area contributed by atoms with E-state index >= 15 is 0 Å². The summed E-state index contributed by atoms with van der Waals surface area (Å²) >= 11 is 3.52. The minimum Gasteiger partial charge on any atom is -0.329 e. The second kappa shape index (κ2) is 6.53. The average molecular weight is 297 g/mol. The third kappa shape index (κ3) is 3.80. The minimum absolute atomic E-state index is 0.288. The molecule has 1 atom stereocenters. The molecule has 17 heavy (non-hydrogen) atoms. The van der Waals surface area contributed by atoms with Crippen molar-refractivity contribution < 1.29 is 0 Å². The third-order valence-corrected chi connectivity index (χ3v) is 4.02. The zero-order valence-corrected chi connectivity index (χ0v) is 11.7. The highest BCUT2D eigenvalue weighted by Crippen LogP contribution is 2.22. The Balaban J connectivity index is 2.00. The molecule has 0 aromatic heterocycles. The lowest BCUT2D eigenvalue weighted by Crippen LogP contribution is -2.37. The Morgan fingerprint density at radius 2 is 2.06 bits per heavy atom. The van der Waals surface area contributed by atoms with Gasteiger partial charge >= 0.3 is 0 Å². The van der Waals surface area contributed by atoms with Crippen LogP contribution in [-0.2, 0) is 0 Å². The molecule has 1 fully saturated rings. The van der Waals surface area contributed by atoms with Crippen molar-refractivity contribution in [3.8, 4) is 0 Å². The van der Waals surface area contributed by atoms with Crippen molar-refractivity contribution in [2.75, 3.05) is 6.54 Å². The van der Waals surface area contributed by atoms with Crippen LogP contribution in [0, 0.1) is 0 Å². The highest BCUT2D eigenvalue weighted by Gasteiger charge is 2.18. The number of halogens is 1. The van der Waals surface area contributed by atoms with Crippen molar-refractivity contribution in [2.24, 2.45) is 5.73 Å². The fraction of sp³-hybridized carbons (Fsp3) is 0.571. The normalized spacial score (nSPS) is 19.2. The fourth-order valence-corrected chi connectivity index (χ4v) is 2.99. The zero-order valence-electron chi connectivity index (χ0n) is 10.2. The van der Waals surface area contributed by atoms with Crippen LogP contribution < -0.4 is 11.1 Å². The zero-order chi connectivity index (χ0) is 12.1. The first-order valence-corrected chi connectivity index (χ1v) is 7.30. The largest absolute Gasteiger partial charge is 0.329 e. The van der Waals surface area contributed by atoms with E-state index in [0.29, 0.717) is 12.6 Å². The van der Waals surface area contributed by atoms with E-state index in [2.05, 4.69) is 45.5 Å². The molecule has 1 saturated carbocycles. The molecule has 1 unspecified atom stereocenters. The van der Waals surface area contributed by atoms with Crippen LogP contribution in [0.5, 0.6) is 0 Å². The smallest absolute Gasteiger partial charge is 0.0447 e. The molecule has 0 spiro atoms. The van der Waals surface area contributed by atoms with Gasteiger partial charge in [0.2, 0.25) is 0 Å². The van der Waals surface area contributed by atoms with Crippen LogP contribution in [0.15, 0.2) is 28.7 Å². The summed E-state index contributed by atoms with van der Waals surface area (Å²) in [6.45, 7) is 0.660. The van der Waals surface area contributed by atoms with Crippen molar-refractivity contribution in [1.82, 2.24) is 5.32 Å². The highest BCUT2D eigenvalue weighted by atomic mass is 79.9. The van der Waals surface area contributed by atoms with Crippen LogP contribution >= 0.6 is 15.9 Å². The summed E-state index contributed by atoms with van der Waals surface area (Å²) in [5, 5.41) is 3.70. The van der Waals surface area contributed by atoms with Crippen LogP contribution in [0.2, 0.25) is 0 Å². The van der Waals surface area contributed by atoms with Crippen molar-refractivity contribution in [3.63, 3.8) is 0 Å². The van der Waals surface area contributed by atoms with Crippen molar-refractivity contribution in [1.29, 1.82) is 0 Å². The minimum atomic E-state index is 0.288. The first-order valence-electron chi connectivity index (χ1n) is 6.51. The fourth-order valence-electron chi connectivity index (χ4n) is 2.58. The molecule has 0 bridgehead atoms. The van der Waals surface area contributed by atoms with Gasteiger partial charge in [-0.05, 0) is 30.5 Å². The molecule has 1 aliphatic carbocycles. The van der Waals surface area contributed by atoms with Crippen molar-refractivity contribution in [2.45, 2.75) is 44.2 Å². The standard InChI is InChI=1S/C14H21BrN2/c15-12-6-4-5-11(9-12)14(10-16)17-13-7-2-1-3-8-13/h4-6,9,13-14,17H,1-3,7-8,10,16H2. The van der Waals surface area contributed by atoms with Gasteiger partial charge in [-0.3, -0.25) is 0 Å². The molecular weight excluding hydrogens is 276 g/mol. The molecule has 3 N–H and O–H groups in total. The summed E-state index contributed by atoms with van der Waals surface area (Å²) in [6, 6.07) is 9.38. The molecule has 0 aliphatic heterocycles. The van der Waals surface area contributed by atoms with E-state index in [1.54, 1.807) is 0 Å². The number of nitrogens with two attached hydrogens (primary N) is 1. The molecular formula is C14H21BrN2. The maximum atomic E-state index is 5.89. The molecule has 1 aliphatic rings. The van der Waals surface area contributed by atoms with Crippen molar-refractivity contribution >= 4 is 15.9 Å². The lowest BCUT2D eigenvalue weighted by molar-refractivity contribution is 0.340. The van der Waals surface area contributed by atoms with Crippen molar-refractivity contribution in [3.05, 3.63) is 34.3 Å². The first kappa shape index (κ1) is 13.1. The van der Waals surface area contributed by atoms with Gasteiger partial charge in [0.25, 0.3) is 0 Å². The van der Waals surface area contributed by atoms with Gasteiger partial charge in [0.1, 0.15) is 0 Å². The summed E-state index contributed by atoms with van der Waals surface area (Å²) in [5.74, 6) is 0. The second-order valence-corrected chi connectivity index (χ2v) is 5.76. The number of rotatable bonds is 4. The maximum absolute atomic E-state index is 5.89. The summed E-state index contributed by atoms with van der Waals surface area (Å²) in [6.07, 6.45) is 6.69. The van der Waals surface area contributed by atoms with E-state index in [1.165, 1.54) is 37.7 Å². The molecule has 94 valence electrons.